The van der Waals surface area contributed by atoms with Crippen molar-refractivity contribution in [2.24, 2.45) is 0 Å². The number of hydrogen-bond acceptors (Lipinski definition) is 1. The van der Waals surface area contributed by atoms with E-state index in [4.69, 9.17) is 27.9 Å². The van der Waals surface area contributed by atoms with Crippen LogP contribution in [0.5, 0.6) is 5.75 Å². The highest BCUT2D eigenvalue weighted by atomic mass is 127. The molecule has 12 heavy (non-hydrogen) atoms. The highest BCUT2D eigenvalue weighted by molar-refractivity contribution is 14.1. The Hall–Kier alpha value is 0.330. The van der Waals surface area contributed by atoms with Crippen LogP contribution >= 0.6 is 45.8 Å². The average Bonchev–Trinajstić information content (AvgIpc) is 2.09. The molecule has 0 saturated carbocycles. The minimum Gasteiger partial charge on any atom is -0.496 e. The van der Waals surface area contributed by atoms with Gasteiger partial charge in [0.25, 0.3) is 0 Å². The van der Waals surface area contributed by atoms with Crippen molar-refractivity contribution in [3.05, 3.63) is 26.3 Å². The summed E-state index contributed by atoms with van der Waals surface area (Å²) in [7, 11) is 1.61. The molecule has 0 aliphatic carbocycles. The van der Waals surface area contributed by atoms with Crippen LogP contribution in [-0.2, 0) is 5.88 Å². The predicted octanol–water partition coefficient (Wildman–Crippen LogP) is 3.69. The molecule has 0 heterocycles. The second-order valence-electron chi connectivity index (χ2n) is 2.21. The first-order valence-corrected chi connectivity index (χ1v) is 5.26. The molecule has 0 aliphatic rings. The van der Waals surface area contributed by atoms with Gasteiger partial charge in [0.2, 0.25) is 0 Å². The molecule has 0 N–H and O–H groups in total. The van der Waals surface area contributed by atoms with E-state index in [0.717, 1.165) is 14.9 Å². The molecule has 0 atom stereocenters. The standard InChI is InChI=1S/C8H7Cl2IO/c1-12-8-3-6(10)7(11)2-5(8)4-9/h2-3H,4H2,1H3. The van der Waals surface area contributed by atoms with Crippen molar-refractivity contribution in [3.8, 4) is 5.75 Å². The molecule has 0 bridgehead atoms. The summed E-state index contributed by atoms with van der Waals surface area (Å²) in [6.45, 7) is 0. The van der Waals surface area contributed by atoms with Crippen LogP contribution in [0.4, 0.5) is 0 Å². The highest BCUT2D eigenvalue weighted by Gasteiger charge is 2.05. The lowest BCUT2D eigenvalue weighted by Gasteiger charge is -2.07. The Bertz CT molecular complexity index is 260. The zero-order chi connectivity index (χ0) is 9.14. The van der Waals surface area contributed by atoms with Gasteiger partial charge in [-0.3, -0.25) is 0 Å². The molecule has 0 spiro atoms. The number of alkyl halides is 1. The van der Waals surface area contributed by atoms with Gasteiger partial charge >= 0.3 is 0 Å². The smallest absolute Gasteiger partial charge is 0.124 e. The van der Waals surface area contributed by atoms with Gasteiger partial charge in [-0.1, -0.05) is 11.6 Å². The summed E-state index contributed by atoms with van der Waals surface area (Å²) < 4.78 is 6.09. The maximum atomic E-state index is 5.89. The van der Waals surface area contributed by atoms with Gasteiger partial charge in [0.15, 0.2) is 0 Å². The van der Waals surface area contributed by atoms with Crippen LogP contribution in [0, 0.1) is 3.57 Å². The summed E-state index contributed by atoms with van der Waals surface area (Å²) in [6, 6.07) is 3.70. The van der Waals surface area contributed by atoms with E-state index >= 15 is 0 Å². The van der Waals surface area contributed by atoms with Gasteiger partial charge in [0.05, 0.1) is 18.0 Å². The first-order chi connectivity index (χ1) is 5.69. The molecule has 0 amide bonds. The van der Waals surface area contributed by atoms with Crippen molar-refractivity contribution in [3.63, 3.8) is 0 Å². The lowest BCUT2D eigenvalue weighted by molar-refractivity contribution is 0.411. The second-order valence-corrected chi connectivity index (χ2v) is 4.05. The number of halogens is 3. The van der Waals surface area contributed by atoms with E-state index in [-0.39, 0.29) is 0 Å². The maximum Gasteiger partial charge on any atom is 0.124 e. The van der Waals surface area contributed by atoms with Gasteiger partial charge in [0.1, 0.15) is 5.75 Å². The van der Waals surface area contributed by atoms with E-state index in [1.54, 1.807) is 13.2 Å². The van der Waals surface area contributed by atoms with E-state index in [0.29, 0.717) is 10.9 Å². The molecule has 0 aliphatic heterocycles. The average molecular weight is 317 g/mol. The second kappa shape index (κ2) is 4.53. The quantitative estimate of drug-likeness (QED) is 0.597. The van der Waals surface area contributed by atoms with Gasteiger partial charge in [-0.2, -0.15) is 0 Å². The van der Waals surface area contributed by atoms with E-state index in [1.165, 1.54) is 0 Å². The molecule has 1 aromatic rings. The minimum atomic E-state index is 0.441. The molecule has 0 unspecified atom stereocenters. The molecule has 1 nitrogen and oxygen atoms in total. The lowest BCUT2D eigenvalue weighted by atomic mass is 10.2. The van der Waals surface area contributed by atoms with E-state index < -0.39 is 0 Å². The first kappa shape index (κ1) is 10.4. The summed E-state index contributed by atoms with van der Waals surface area (Å²) in [5, 5.41) is 0.696. The van der Waals surface area contributed by atoms with Crippen LogP contribution < -0.4 is 4.74 Å². The van der Waals surface area contributed by atoms with Crippen molar-refractivity contribution in [2.45, 2.75) is 5.88 Å². The van der Waals surface area contributed by atoms with Crippen molar-refractivity contribution >= 4 is 45.8 Å². The number of benzene rings is 1. The zero-order valence-corrected chi connectivity index (χ0v) is 10.1. The summed E-state index contributed by atoms with van der Waals surface area (Å²) in [4.78, 5) is 0. The van der Waals surface area contributed by atoms with Gasteiger partial charge < -0.3 is 4.74 Å². The van der Waals surface area contributed by atoms with Crippen LogP contribution in [0.2, 0.25) is 5.02 Å². The number of methoxy groups -OCH3 is 1. The van der Waals surface area contributed by atoms with Crippen molar-refractivity contribution in [1.82, 2.24) is 0 Å². The molecule has 0 fully saturated rings. The van der Waals surface area contributed by atoms with E-state index in [2.05, 4.69) is 22.6 Å². The minimum absolute atomic E-state index is 0.441. The number of rotatable bonds is 2. The molecule has 0 aromatic heterocycles. The van der Waals surface area contributed by atoms with Gasteiger partial charge in [-0.05, 0) is 28.7 Å². The number of ether oxygens (including phenoxy) is 1. The monoisotopic (exact) mass is 316 g/mol. The van der Waals surface area contributed by atoms with Crippen LogP contribution in [0.3, 0.4) is 0 Å². The molecule has 1 rings (SSSR count). The molecule has 4 heteroatoms. The Labute approximate surface area is 95.1 Å². The summed E-state index contributed by atoms with van der Waals surface area (Å²) in [6.07, 6.45) is 0. The fraction of sp³-hybridized carbons (Fsp3) is 0.250. The van der Waals surface area contributed by atoms with Crippen LogP contribution in [0.15, 0.2) is 12.1 Å². The Morgan fingerprint density at radius 1 is 1.50 bits per heavy atom. The van der Waals surface area contributed by atoms with Crippen molar-refractivity contribution in [1.29, 1.82) is 0 Å². The summed E-state index contributed by atoms with van der Waals surface area (Å²) >= 11 is 13.8. The van der Waals surface area contributed by atoms with E-state index in [9.17, 15) is 0 Å². The third kappa shape index (κ3) is 2.18. The van der Waals surface area contributed by atoms with Gasteiger partial charge in [-0.25, -0.2) is 0 Å². The molecule has 0 radical (unpaired) electrons. The first-order valence-electron chi connectivity index (χ1n) is 3.27. The number of hydrogen-bond donors (Lipinski definition) is 0. The largest absolute Gasteiger partial charge is 0.496 e. The Morgan fingerprint density at radius 2 is 2.17 bits per heavy atom. The van der Waals surface area contributed by atoms with Crippen LogP contribution in [-0.4, -0.2) is 7.11 Å². The molecule has 1 aromatic carbocycles. The highest BCUT2D eigenvalue weighted by Crippen LogP contribution is 2.29. The van der Waals surface area contributed by atoms with Crippen LogP contribution in [0.25, 0.3) is 0 Å². The van der Waals surface area contributed by atoms with Crippen molar-refractivity contribution < 1.29 is 4.74 Å². The maximum absolute atomic E-state index is 5.89. The Balaban J connectivity index is 3.19. The summed E-state index contributed by atoms with van der Waals surface area (Å²) in [5.41, 5.74) is 0.966. The topological polar surface area (TPSA) is 9.23 Å². The van der Waals surface area contributed by atoms with Gasteiger partial charge in [-0.15, -0.1) is 11.6 Å². The summed E-state index contributed by atoms with van der Waals surface area (Å²) in [5.74, 6) is 1.19. The van der Waals surface area contributed by atoms with Crippen molar-refractivity contribution in [2.75, 3.05) is 7.11 Å². The van der Waals surface area contributed by atoms with Gasteiger partial charge in [0, 0.05) is 15.2 Å². The predicted molar refractivity (Wildman–Crippen MR) is 60.3 cm³/mol. The molecule has 66 valence electrons. The lowest BCUT2D eigenvalue weighted by Crippen LogP contribution is -1.90. The molecular weight excluding hydrogens is 310 g/mol. The molecule has 0 saturated heterocycles. The third-order valence-electron chi connectivity index (χ3n) is 1.47. The Kier molecular flexibility index (Phi) is 3.93. The fourth-order valence-electron chi connectivity index (χ4n) is 0.864. The zero-order valence-electron chi connectivity index (χ0n) is 6.40. The molecular formula is C8H7Cl2IO. The van der Waals surface area contributed by atoms with Crippen LogP contribution in [0.1, 0.15) is 5.56 Å². The fourth-order valence-corrected chi connectivity index (χ4v) is 1.76. The van der Waals surface area contributed by atoms with E-state index in [1.807, 2.05) is 6.07 Å². The third-order valence-corrected chi connectivity index (χ3v) is 3.28. The normalized spacial score (nSPS) is 10.0. The SMILES string of the molecule is COc1cc(Cl)c(I)cc1CCl. The Morgan fingerprint density at radius 3 is 2.67 bits per heavy atom.